The highest BCUT2D eigenvalue weighted by Crippen LogP contribution is 2.30. The molecule has 3 heterocycles. The van der Waals surface area contributed by atoms with E-state index >= 15 is 0 Å². The van der Waals surface area contributed by atoms with Crippen molar-refractivity contribution in [1.29, 1.82) is 0 Å². The molecule has 0 fully saturated rings. The maximum Gasteiger partial charge on any atom is 0.436 e. The van der Waals surface area contributed by atoms with Crippen LogP contribution in [0.5, 0.6) is 0 Å². The van der Waals surface area contributed by atoms with Gasteiger partial charge in [0.1, 0.15) is 12.4 Å². The molecule has 31 heavy (non-hydrogen) atoms. The second-order valence-corrected chi connectivity index (χ2v) is 7.02. The number of aliphatic imine (C=N–C) groups is 1. The van der Waals surface area contributed by atoms with E-state index in [0.29, 0.717) is 23.5 Å². The monoisotopic (exact) mass is 427 g/mol. The lowest BCUT2D eigenvalue weighted by Crippen LogP contribution is -2.50. The predicted molar refractivity (Wildman–Crippen MR) is 107 cm³/mol. The number of amides is 1. The van der Waals surface area contributed by atoms with E-state index in [1.54, 1.807) is 19.1 Å². The Morgan fingerprint density at radius 3 is 2.74 bits per heavy atom. The number of hydrogen-bond acceptors (Lipinski definition) is 7. The van der Waals surface area contributed by atoms with Crippen molar-refractivity contribution in [3.8, 4) is 0 Å². The van der Waals surface area contributed by atoms with Gasteiger partial charge in [0.25, 0.3) is 5.71 Å². The molecule has 0 saturated carbocycles. The fourth-order valence-corrected chi connectivity index (χ4v) is 3.62. The number of hydrogen-bond donors (Lipinski definition) is 1. The van der Waals surface area contributed by atoms with Crippen LogP contribution >= 0.6 is 0 Å². The van der Waals surface area contributed by atoms with Crippen LogP contribution in [0.25, 0.3) is 0 Å². The van der Waals surface area contributed by atoms with Gasteiger partial charge < -0.3 is 19.3 Å². The minimum absolute atomic E-state index is 0.0458. The highest BCUT2D eigenvalue weighted by Gasteiger charge is 2.51. The first-order valence-electron chi connectivity index (χ1n) is 9.63. The fourth-order valence-electron chi connectivity index (χ4n) is 3.62. The zero-order chi connectivity index (χ0) is 22.1. The molecule has 1 N–H and O–H groups in total. The van der Waals surface area contributed by atoms with Gasteiger partial charge in [-0.25, -0.2) is 19.0 Å². The van der Waals surface area contributed by atoms with Crippen LogP contribution in [-0.2, 0) is 30.2 Å². The number of aliphatic hydroxyl groups is 1. The van der Waals surface area contributed by atoms with Gasteiger partial charge in [0.05, 0.1) is 6.61 Å². The van der Waals surface area contributed by atoms with Gasteiger partial charge in [-0.05, 0) is 31.0 Å². The average molecular weight is 427 g/mol. The van der Waals surface area contributed by atoms with Crippen molar-refractivity contribution in [3.05, 3.63) is 70.7 Å². The molecule has 3 aliphatic rings. The second-order valence-electron chi connectivity index (χ2n) is 7.02. The highest BCUT2D eigenvalue weighted by atomic mass is 19.1. The molecule has 3 aliphatic heterocycles. The van der Waals surface area contributed by atoms with Crippen molar-refractivity contribution in [3.63, 3.8) is 0 Å². The van der Waals surface area contributed by atoms with Crippen molar-refractivity contribution in [2.45, 2.75) is 19.4 Å². The molecule has 0 radical (unpaired) electrons. The summed E-state index contributed by atoms with van der Waals surface area (Å²) in [5.41, 5.74) is 1.38. The zero-order valence-electron chi connectivity index (χ0n) is 16.9. The van der Waals surface area contributed by atoms with Crippen LogP contribution in [0.4, 0.5) is 4.39 Å². The molecule has 1 atom stereocenters. The Balaban J connectivity index is 1.81. The van der Waals surface area contributed by atoms with E-state index in [1.807, 2.05) is 0 Å². The lowest BCUT2D eigenvalue weighted by molar-refractivity contribution is -0.386. The molecule has 0 saturated heterocycles. The molecule has 1 aromatic rings. The summed E-state index contributed by atoms with van der Waals surface area (Å²) in [7, 11) is 1.49. The number of esters is 1. The third-order valence-corrected chi connectivity index (χ3v) is 4.97. The van der Waals surface area contributed by atoms with Crippen LogP contribution in [0.1, 0.15) is 12.5 Å². The van der Waals surface area contributed by atoms with Crippen molar-refractivity contribution in [1.82, 2.24) is 0 Å². The summed E-state index contributed by atoms with van der Waals surface area (Å²) in [6.45, 7) is 1.74. The molecular formula is C22H20FN2O6+. The van der Waals surface area contributed by atoms with Gasteiger partial charge in [0.15, 0.2) is 17.2 Å². The normalized spacial score (nSPS) is 19.9. The number of allylic oxidation sites excluding steroid dienone is 1. The molecule has 4 rings (SSSR count). The van der Waals surface area contributed by atoms with E-state index in [-0.39, 0.29) is 24.7 Å². The number of benzene rings is 1. The Morgan fingerprint density at radius 2 is 2.06 bits per heavy atom. The summed E-state index contributed by atoms with van der Waals surface area (Å²) in [6, 6.07) is 6.01. The first-order valence-corrected chi connectivity index (χ1v) is 9.63. The van der Waals surface area contributed by atoms with Crippen molar-refractivity contribution in [2.24, 2.45) is 4.99 Å². The van der Waals surface area contributed by atoms with Gasteiger partial charge in [-0.2, -0.15) is 0 Å². The summed E-state index contributed by atoms with van der Waals surface area (Å²) < 4.78 is 30.6. The van der Waals surface area contributed by atoms with Crippen molar-refractivity contribution < 1.29 is 37.9 Å². The number of methoxy groups -OCH3 is 1. The van der Waals surface area contributed by atoms with Crippen molar-refractivity contribution in [2.75, 3.05) is 20.3 Å². The number of halogens is 1. The molecule has 1 aromatic carbocycles. The van der Waals surface area contributed by atoms with Crippen molar-refractivity contribution >= 4 is 23.3 Å². The average Bonchev–Trinajstić information content (AvgIpc) is 2.75. The molecule has 8 nitrogen and oxygen atoms in total. The third-order valence-electron chi connectivity index (χ3n) is 4.97. The molecule has 0 aliphatic carbocycles. The van der Waals surface area contributed by atoms with Gasteiger partial charge in [0.2, 0.25) is 17.9 Å². The molecule has 0 spiro atoms. The smallest absolute Gasteiger partial charge is 0.436 e. The standard InChI is InChI=1S/C22H19FN2O6/c1-3-30-22(28)16-19(26)17-18-20(31-15(11-29-2)10-25(18)21(16)27)13(9-24-17)8-12-4-6-14(23)7-5-12/h4-7,9-10,20H,3,8,11H2,1-2H3/p+1. The van der Waals surface area contributed by atoms with E-state index in [0.717, 1.165) is 5.56 Å². The molecule has 0 aromatic heterocycles. The zero-order valence-corrected chi connectivity index (χ0v) is 16.9. The van der Waals surface area contributed by atoms with E-state index in [9.17, 15) is 19.1 Å². The number of nitrogens with zero attached hydrogens (tertiary/aromatic N) is 2. The number of aliphatic hydroxyl groups excluding tert-OH is 1. The third kappa shape index (κ3) is 3.68. The van der Waals surface area contributed by atoms with Crippen LogP contribution in [0.2, 0.25) is 0 Å². The minimum Gasteiger partial charge on any atom is -0.504 e. The lowest BCUT2D eigenvalue weighted by Gasteiger charge is -2.29. The fraction of sp³-hybridized carbons (Fsp3) is 0.273. The quantitative estimate of drug-likeness (QED) is 0.424. The van der Waals surface area contributed by atoms with E-state index in [1.165, 1.54) is 36.2 Å². The van der Waals surface area contributed by atoms with Crippen LogP contribution in [0, 0.1) is 5.82 Å². The summed E-state index contributed by atoms with van der Waals surface area (Å²) in [5, 5.41) is 10.7. The number of carbonyl (C=O) groups is 2. The lowest BCUT2D eigenvalue weighted by atomic mass is 9.89. The molecular weight excluding hydrogens is 407 g/mol. The summed E-state index contributed by atoms with van der Waals surface area (Å²) in [4.78, 5) is 29.7. The number of ether oxygens (including phenoxy) is 3. The first-order chi connectivity index (χ1) is 14.9. The largest absolute Gasteiger partial charge is 0.504 e. The van der Waals surface area contributed by atoms with E-state index < -0.39 is 29.3 Å². The molecule has 0 bridgehead atoms. The number of carbonyl (C=O) groups excluding carboxylic acids is 2. The Bertz CT molecular complexity index is 1110. The van der Waals surface area contributed by atoms with Crippen LogP contribution in [0.15, 0.2) is 64.3 Å². The highest BCUT2D eigenvalue weighted by molar-refractivity contribution is 6.52. The van der Waals surface area contributed by atoms with Gasteiger partial charge in [-0.15, -0.1) is 4.58 Å². The topological polar surface area (TPSA) is 97.4 Å². The Labute approximate surface area is 177 Å². The predicted octanol–water partition coefficient (Wildman–Crippen LogP) is 1.96. The maximum atomic E-state index is 13.3. The van der Waals surface area contributed by atoms with E-state index in [2.05, 4.69) is 4.99 Å². The maximum absolute atomic E-state index is 13.3. The Hall–Kier alpha value is -3.59. The Morgan fingerprint density at radius 1 is 1.32 bits per heavy atom. The minimum atomic E-state index is -0.933. The van der Waals surface area contributed by atoms with Gasteiger partial charge >= 0.3 is 11.9 Å². The molecule has 9 heteroatoms. The van der Waals surface area contributed by atoms with E-state index in [4.69, 9.17) is 14.2 Å². The summed E-state index contributed by atoms with van der Waals surface area (Å²) in [6.07, 6.45) is 2.57. The number of rotatable bonds is 6. The van der Waals surface area contributed by atoms with Gasteiger partial charge in [-0.1, -0.05) is 12.1 Å². The molecule has 1 amide bonds. The second kappa shape index (κ2) is 8.27. The summed E-state index contributed by atoms with van der Waals surface area (Å²) >= 11 is 0. The van der Waals surface area contributed by atoms with Crippen LogP contribution < -0.4 is 0 Å². The first kappa shape index (κ1) is 20.7. The Kier molecular flexibility index (Phi) is 5.51. The molecule has 160 valence electrons. The van der Waals surface area contributed by atoms with Crippen LogP contribution in [-0.4, -0.2) is 59.4 Å². The van der Waals surface area contributed by atoms with Gasteiger partial charge in [-0.3, -0.25) is 0 Å². The SMILES string of the molecule is CCOC(=O)C1=C(O)C2=NC=C(Cc3ccc(F)cc3)C3OC(COC)=C[N+](=C23)C1=O. The summed E-state index contributed by atoms with van der Waals surface area (Å²) in [5.74, 6) is -2.21. The van der Waals surface area contributed by atoms with Crippen LogP contribution in [0.3, 0.4) is 0 Å². The van der Waals surface area contributed by atoms with Gasteiger partial charge in [0, 0.05) is 18.9 Å². The molecule has 1 unspecified atom stereocenters.